The molecule has 18 heavy (non-hydrogen) atoms. The molecule has 0 fully saturated rings. The number of ether oxygens (including phenoxy) is 1. The summed E-state index contributed by atoms with van der Waals surface area (Å²) in [5.74, 6) is 1.23. The highest BCUT2D eigenvalue weighted by atomic mass is 16.5. The van der Waals surface area contributed by atoms with E-state index in [1.165, 1.54) is 5.56 Å². The lowest BCUT2D eigenvalue weighted by molar-refractivity contribution is -0.0633. The van der Waals surface area contributed by atoms with Crippen LogP contribution in [-0.4, -0.2) is 17.3 Å². The summed E-state index contributed by atoms with van der Waals surface area (Å²) in [5, 5.41) is 9.13. The van der Waals surface area contributed by atoms with E-state index in [4.69, 9.17) is 9.84 Å². The Kier molecular flexibility index (Phi) is 5.36. The van der Waals surface area contributed by atoms with Crippen LogP contribution in [0.5, 0.6) is 0 Å². The van der Waals surface area contributed by atoms with Gasteiger partial charge >= 0.3 is 0 Å². The van der Waals surface area contributed by atoms with E-state index in [1.54, 1.807) is 0 Å². The van der Waals surface area contributed by atoms with E-state index in [9.17, 15) is 0 Å². The van der Waals surface area contributed by atoms with Gasteiger partial charge in [0.25, 0.3) is 0 Å². The number of aliphatic hydroxyl groups excluding tert-OH is 1. The minimum absolute atomic E-state index is 0.0372. The predicted octanol–water partition coefficient (Wildman–Crippen LogP) is 3.73. The predicted molar refractivity (Wildman–Crippen MR) is 75.6 cm³/mol. The summed E-state index contributed by atoms with van der Waals surface area (Å²) in [4.78, 5) is 0. The lowest BCUT2D eigenvalue weighted by Crippen LogP contribution is -2.28. The van der Waals surface area contributed by atoms with Crippen LogP contribution in [0.25, 0.3) is 0 Å². The van der Waals surface area contributed by atoms with Crippen LogP contribution < -0.4 is 0 Å². The van der Waals surface area contributed by atoms with E-state index in [-0.39, 0.29) is 6.61 Å². The Bertz CT molecular complexity index is 352. The van der Waals surface area contributed by atoms with Gasteiger partial charge in [-0.1, -0.05) is 45.0 Å². The lowest BCUT2D eigenvalue weighted by Gasteiger charge is -2.22. The minimum atomic E-state index is -0.468. The molecule has 102 valence electrons. The van der Waals surface area contributed by atoms with Gasteiger partial charge in [-0.25, -0.2) is 0 Å². The zero-order chi connectivity index (χ0) is 13.8. The first kappa shape index (κ1) is 15.2. The summed E-state index contributed by atoms with van der Waals surface area (Å²) in [5.41, 5.74) is 2.05. The summed E-state index contributed by atoms with van der Waals surface area (Å²) in [6.07, 6.45) is 0. The van der Waals surface area contributed by atoms with Gasteiger partial charge in [-0.2, -0.15) is 0 Å². The zero-order valence-electron chi connectivity index (χ0n) is 12.2. The molecule has 1 N–H and O–H groups in total. The van der Waals surface area contributed by atoms with Crippen molar-refractivity contribution in [3.8, 4) is 0 Å². The highest BCUT2D eigenvalue weighted by Gasteiger charge is 2.16. The molecule has 1 unspecified atom stereocenters. The van der Waals surface area contributed by atoms with Gasteiger partial charge in [0, 0.05) is 0 Å². The molecule has 1 atom stereocenters. The second-order valence-corrected chi connectivity index (χ2v) is 5.98. The summed E-state index contributed by atoms with van der Waals surface area (Å²) in [6, 6.07) is 8.58. The Morgan fingerprint density at radius 1 is 1.11 bits per heavy atom. The molecule has 2 heteroatoms. The zero-order valence-corrected chi connectivity index (χ0v) is 12.2. The molecule has 1 aromatic rings. The van der Waals surface area contributed by atoms with E-state index in [2.05, 4.69) is 45.0 Å². The van der Waals surface area contributed by atoms with Crippen LogP contribution in [0.15, 0.2) is 24.3 Å². The number of hydrogen-bond acceptors (Lipinski definition) is 2. The molecular weight excluding hydrogens is 224 g/mol. The molecular formula is C16H26O2. The first-order valence-electron chi connectivity index (χ1n) is 6.69. The maximum atomic E-state index is 9.13. The van der Waals surface area contributed by atoms with Crippen LogP contribution in [0.1, 0.15) is 51.7 Å². The fourth-order valence-corrected chi connectivity index (χ4v) is 1.63. The number of rotatable bonds is 6. The van der Waals surface area contributed by atoms with E-state index >= 15 is 0 Å². The molecule has 0 aromatic heterocycles. The Balaban J connectivity index is 2.61. The van der Waals surface area contributed by atoms with Crippen molar-refractivity contribution in [2.24, 2.45) is 5.92 Å². The summed E-state index contributed by atoms with van der Waals surface area (Å²) < 4.78 is 5.66. The van der Waals surface area contributed by atoms with Crippen LogP contribution in [0.2, 0.25) is 0 Å². The quantitative estimate of drug-likeness (QED) is 0.833. The third-order valence-corrected chi connectivity index (χ3v) is 3.52. The van der Waals surface area contributed by atoms with E-state index in [1.807, 2.05) is 13.8 Å². The molecule has 1 rings (SSSR count). The van der Waals surface area contributed by atoms with Crippen molar-refractivity contribution in [3.05, 3.63) is 35.4 Å². The minimum Gasteiger partial charge on any atom is -0.393 e. The smallest absolute Gasteiger partial charge is 0.0860 e. The average Bonchev–Trinajstić information content (AvgIpc) is 2.36. The van der Waals surface area contributed by atoms with Crippen molar-refractivity contribution in [1.29, 1.82) is 0 Å². The van der Waals surface area contributed by atoms with Crippen LogP contribution in [-0.2, 0) is 11.3 Å². The molecule has 0 spiro atoms. The molecule has 0 bridgehead atoms. The normalized spacial score (nSPS) is 13.9. The van der Waals surface area contributed by atoms with Crippen molar-refractivity contribution < 1.29 is 9.84 Å². The standard InChI is InChI=1S/C16H26O2/c1-12(2)13(3)15-8-6-14(7-9-15)10-18-16(4,5)11-17/h6-9,12-13,17H,10-11H2,1-5H3. The largest absolute Gasteiger partial charge is 0.393 e. The van der Waals surface area contributed by atoms with Crippen molar-refractivity contribution in [1.82, 2.24) is 0 Å². The van der Waals surface area contributed by atoms with Crippen molar-refractivity contribution in [2.75, 3.05) is 6.61 Å². The van der Waals surface area contributed by atoms with Gasteiger partial charge in [-0.3, -0.25) is 0 Å². The fourth-order valence-electron chi connectivity index (χ4n) is 1.63. The van der Waals surface area contributed by atoms with Crippen molar-refractivity contribution in [3.63, 3.8) is 0 Å². The highest BCUT2D eigenvalue weighted by molar-refractivity contribution is 5.25. The van der Waals surface area contributed by atoms with Gasteiger partial charge in [0.2, 0.25) is 0 Å². The van der Waals surface area contributed by atoms with Gasteiger partial charge in [0.1, 0.15) is 0 Å². The van der Waals surface area contributed by atoms with E-state index in [0.717, 1.165) is 5.56 Å². The number of benzene rings is 1. The van der Waals surface area contributed by atoms with Crippen molar-refractivity contribution in [2.45, 2.75) is 52.7 Å². The first-order chi connectivity index (χ1) is 8.35. The maximum absolute atomic E-state index is 9.13. The molecule has 0 amide bonds. The molecule has 2 nitrogen and oxygen atoms in total. The van der Waals surface area contributed by atoms with Crippen molar-refractivity contribution >= 4 is 0 Å². The first-order valence-corrected chi connectivity index (χ1v) is 6.69. The summed E-state index contributed by atoms with van der Waals surface area (Å²) in [6.45, 7) is 11.1. The van der Waals surface area contributed by atoms with Gasteiger partial charge in [-0.15, -0.1) is 0 Å². The Labute approximate surface area is 111 Å². The monoisotopic (exact) mass is 250 g/mol. The molecule has 0 radical (unpaired) electrons. The van der Waals surface area contributed by atoms with Gasteiger partial charge in [-0.05, 0) is 36.8 Å². The Morgan fingerprint density at radius 3 is 2.11 bits per heavy atom. The second kappa shape index (κ2) is 6.35. The highest BCUT2D eigenvalue weighted by Crippen LogP contribution is 2.24. The molecule has 0 saturated heterocycles. The topological polar surface area (TPSA) is 29.5 Å². The maximum Gasteiger partial charge on any atom is 0.0860 e. The van der Waals surface area contributed by atoms with E-state index < -0.39 is 5.60 Å². The van der Waals surface area contributed by atoms with Gasteiger partial charge in [0.05, 0.1) is 18.8 Å². The molecule has 0 heterocycles. The molecule has 0 aliphatic heterocycles. The second-order valence-electron chi connectivity index (χ2n) is 5.98. The third kappa shape index (κ3) is 4.43. The van der Waals surface area contributed by atoms with Crippen LogP contribution in [0, 0.1) is 5.92 Å². The van der Waals surface area contributed by atoms with Gasteiger partial charge in [0.15, 0.2) is 0 Å². The number of hydrogen-bond donors (Lipinski definition) is 1. The average molecular weight is 250 g/mol. The molecule has 0 aliphatic carbocycles. The third-order valence-electron chi connectivity index (χ3n) is 3.52. The van der Waals surface area contributed by atoms with Crippen LogP contribution >= 0.6 is 0 Å². The van der Waals surface area contributed by atoms with E-state index in [0.29, 0.717) is 18.4 Å². The molecule has 0 aliphatic rings. The Morgan fingerprint density at radius 2 is 1.67 bits per heavy atom. The lowest BCUT2D eigenvalue weighted by atomic mass is 9.90. The molecule has 1 aromatic carbocycles. The van der Waals surface area contributed by atoms with Crippen LogP contribution in [0.3, 0.4) is 0 Å². The fraction of sp³-hybridized carbons (Fsp3) is 0.625. The SMILES string of the molecule is CC(C)C(C)c1ccc(COC(C)(C)CO)cc1. The summed E-state index contributed by atoms with van der Waals surface area (Å²) >= 11 is 0. The summed E-state index contributed by atoms with van der Waals surface area (Å²) in [7, 11) is 0. The Hall–Kier alpha value is -0.860. The van der Waals surface area contributed by atoms with Gasteiger partial charge < -0.3 is 9.84 Å². The van der Waals surface area contributed by atoms with Crippen LogP contribution in [0.4, 0.5) is 0 Å². The molecule has 0 saturated carbocycles. The number of aliphatic hydroxyl groups is 1.